The van der Waals surface area contributed by atoms with Gasteiger partial charge in [-0.3, -0.25) is 4.79 Å². The number of benzene rings is 1. The van der Waals surface area contributed by atoms with Crippen LogP contribution in [0.25, 0.3) is 0 Å². The van der Waals surface area contributed by atoms with Crippen LogP contribution < -0.4 is 10.1 Å². The normalized spacial score (nSPS) is 14.9. The molecule has 0 spiro atoms. The summed E-state index contributed by atoms with van der Waals surface area (Å²) in [7, 11) is 1.67. The van der Waals surface area contributed by atoms with E-state index in [1.54, 1.807) is 7.11 Å². The van der Waals surface area contributed by atoms with E-state index in [0.29, 0.717) is 24.8 Å². The number of Topliss-reactive ketones (excluding diaryl/α,β-unsaturated/α-hetero) is 1. The molecule has 0 bridgehead atoms. The molecule has 0 atom stereocenters. The summed E-state index contributed by atoms with van der Waals surface area (Å²) in [5.41, 5.74) is 0.989. The zero-order chi connectivity index (χ0) is 19.1. The van der Waals surface area contributed by atoms with E-state index >= 15 is 0 Å². The molecule has 1 heterocycles. The summed E-state index contributed by atoms with van der Waals surface area (Å²) in [4.78, 5) is 11.7. The third-order valence-corrected chi connectivity index (χ3v) is 5.95. The minimum absolute atomic E-state index is 0.245. The molecular weight excluding hydrogens is 360 g/mol. The third kappa shape index (κ3) is 5.25. The van der Waals surface area contributed by atoms with Gasteiger partial charge in [-0.1, -0.05) is 44.0 Å². The van der Waals surface area contributed by atoms with E-state index in [1.807, 2.05) is 31.2 Å². The molecule has 1 saturated carbocycles. The average Bonchev–Trinajstić information content (AvgIpc) is 3.14. The molecule has 1 N–H and O–H groups in total. The zero-order valence-electron chi connectivity index (χ0n) is 16.1. The van der Waals surface area contributed by atoms with Crippen LogP contribution in [0, 0.1) is 0 Å². The highest BCUT2D eigenvalue weighted by Gasteiger charge is 2.23. The molecule has 1 aromatic carbocycles. The third-order valence-electron chi connectivity index (χ3n) is 4.95. The molecule has 0 aliphatic heterocycles. The van der Waals surface area contributed by atoms with Crippen molar-refractivity contribution in [3.63, 3.8) is 0 Å². The number of carbonyl (C=O) groups is 1. The van der Waals surface area contributed by atoms with Gasteiger partial charge in [0.1, 0.15) is 11.5 Å². The summed E-state index contributed by atoms with van der Waals surface area (Å²) in [6.07, 6.45) is 6.65. The van der Waals surface area contributed by atoms with Gasteiger partial charge in [-0.05, 0) is 25.0 Å². The van der Waals surface area contributed by atoms with Crippen molar-refractivity contribution in [1.29, 1.82) is 0 Å². The van der Waals surface area contributed by atoms with Crippen molar-refractivity contribution >= 4 is 23.2 Å². The van der Waals surface area contributed by atoms with Crippen molar-refractivity contribution in [3.05, 3.63) is 30.1 Å². The largest absolute Gasteiger partial charge is 0.497 e. The van der Waals surface area contributed by atoms with Gasteiger partial charge in [0.15, 0.2) is 11.0 Å². The van der Waals surface area contributed by atoms with Crippen molar-refractivity contribution in [1.82, 2.24) is 14.8 Å². The summed E-state index contributed by atoms with van der Waals surface area (Å²) < 4.78 is 7.55. The van der Waals surface area contributed by atoms with Gasteiger partial charge >= 0.3 is 0 Å². The van der Waals surface area contributed by atoms with E-state index in [4.69, 9.17) is 4.74 Å². The molecule has 1 fully saturated rings. The Hall–Kier alpha value is -2.02. The molecule has 0 unspecified atom stereocenters. The zero-order valence-corrected chi connectivity index (χ0v) is 16.9. The Balaban J connectivity index is 1.76. The first-order chi connectivity index (χ1) is 13.2. The maximum Gasteiger partial charge on any atom is 0.191 e. The van der Waals surface area contributed by atoms with E-state index in [1.165, 1.54) is 31.0 Å². The van der Waals surface area contributed by atoms with E-state index in [2.05, 4.69) is 20.1 Å². The molecule has 6 nitrogen and oxygen atoms in total. The van der Waals surface area contributed by atoms with Crippen molar-refractivity contribution in [2.75, 3.05) is 18.2 Å². The van der Waals surface area contributed by atoms with Gasteiger partial charge in [0.05, 0.1) is 19.4 Å². The summed E-state index contributed by atoms with van der Waals surface area (Å²) in [6, 6.07) is 8.30. The van der Waals surface area contributed by atoms with Crippen LogP contribution in [0.5, 0.6) is 5.75 Å². The Morgan fingerprint density at radius 2 is 2.11 bits per heavy atom. The lowest BCUT2D eigenvalue weighted by molar-refractivity contribution is -0.116. The van der Waals surface area contributed by atoms with Crippen molar-refractivity contribution in [2.24, 2.45) is 0 Å². The lowest BCUT2D eigenvalue weighted by Gasteiger charge is -2.25. The van der Waals surface area contributed by atoms with Crippen molar-refractivity contribution < 1.29 is 9.53 Å². The van der Waals surface area contributed by atoms with Gasteiger partial charge < -0.3 is 14.6 Å². The number of ether oxygens (including phenoxy) is 1. The van der Waals surface area contributed by atoms with Gasteiger partial charge in [0.25, 0.3) is 0 Å². The molecule has 27 heavy (non-hydrogen) atoms. The summed E-state index contributed by atoms with van der Waals surface area (Å²) >= 11 is 1.51. The Bertz CT molecular complexity index is 756. The van der Waals surface area contributed by atoms with E-state index in [9.17, 15) is 4.79 Å². The van der Waals surface area contributed by atoms with Crippen LogP contribution in [-0.4, -0.2) is 33.4 Å². The van der Waals surface area contributed by atoms with Crippen LogP contribution >= 0.6 is 11.8 Å². The van der Waals surface area contributed by atoms with Crippen LogP contribution in [-0.2, 0) is 11.3 Å². The van der Waals surface area contributed by atoms with Gasteiger partial charge in [-0.2, -0.15) is 0 Å². The molecule has 3 rings (SSSR count). The lowest BCUT2D eigenvalue weighted by atomic mass is 9.95. The SMILES string of the molecule is CCC(=O)CSc1nnc(CNc2cccc(OC)c2)n1C1CCCCC1. The van der Waals surface area contributed by atoms with Crippen LogP contribution in [0.4, 0.5) is 5.69 Å². The first-order valence-corrected chi connectivity index (χ1v) is 10.7. The predicted molar refractivity (Wildman–Crippen MR) is 108 cm³/mol. The maximum atomic E-state index is 11.7. The highest BCUT2D eigenvalue weighted by molar-refractivity contribution is 7.99. The standard InChI is InChI=1S/C20H28N4O2S/c1-3-17(25)14-27-20-23-22-19(24(20)16-9-5-4-6-10-16)13-21-15-8-7-11-18(12-15)26-2/h7-8,11-12,16,21H,3-6,9-10,13-14H2,1-2H3. The second kappa shape index (κ2) is 9.78. The van der Waals surface area contributed by atoms with Crippen LogP contribution in [0.15, 0.2) is 29.4 Å². The second-order valence-electron chi connectivity index (χ2n) is 6.83. The predicted octanol–water partition coefficient (Wildman–Crippen LogP) is 4.48. The van der Waals surface area contributed by atoms with Crippen molar-refractivity contribution in [3.8, 4) is 5.75 Å². The first kappa shape index (κ1) is 19.7. The number of nitrogens with zero attached hydrogens (tertiary/aromatic N) is 3. The van der Waals surface area contributed by atoms with Crippen LogP contribution in [0.1, 0.15) is 57.3 Å². The summed E-state index contributed by atoms with van der Waals surface area (Å²) in [5.74, 6) is 2.46. The minimum atomic E-state index is 0.245. The lowest BCUT2D eigenvalue weighted by Crippen LogP contribution is -2.18. The molecule has 1 aliphatic rings. The molecule has 146 valence electrons. The molecule has 0 amide bonds. The van der Waals surface area contributed by atoms with Crippen molar-refractivity contribution in [2.45, 2.75) is 63.2 Å². The highest BCUT2D eigenvalue weighted by atomic mass is 32.2. The molecule has 0 saturated heterocycles. The quantitative estimate of drug-likeness (QED) is 0.639. The fraction of sp³-hybridized carbons (Fsp3) is 0.550. The fourth-order valence-electron chi connectivity index (χ4n) is 3.39. The number of methoxy groups -OCH3 is 1. The Morgan fingerprint density at radius 1 is 1.30 bits per heavy atom. The molecule has 1 aliphatic carbocycles. The Labute approximate surface area is 165 Å². The van der Waals surface area contributed by atoms with Gasteiger partial charge in [0.2, 0.25) is 0 Å². The molecule has 1 aromatic heterocycles. The monoisotopic (exact) mass is 388 g/mol. The number of nitrogens with one attached hydrogen (secondary N) is 1. The minimum Gasteiger partial charge on any atom is -0.497 e. The Kier molecular flexibility index (Phi) is 7.15. The molecule has 7 heteroatoms. The number of aromatic nitrogens is 3. The van der Waals surface area contributed by atoms with E-state index in [-0.39, 0.29) is 5.78 Å². The van der Waals surface area contributed by atoms with E-state index in [0.717, 1.165) is 35.3 Å². The summed E-state index contributed by atoms with van der Waals surface area (Å²) in [6.45, 7) is 2.50. The maximum absolute atomic E-state index is 11.7. The van der Waals surface area contributed by atoms with Gasteiger partial charge in [-0.25, -0.2) is 0 Å². The number of ketones is 1. The van der Waals surface area contributed by atoms with Crippen LogP contribution in [0.2, 0.25) is 0 Å². The highest BCUT2D eigenvalue weighted by Crippen LogP contribution is 2.33. The first-order valence-electron chi connectivity index (χ1n) is 9.67. The molecule has 2 aromatic rings. The number of carbonyl (C=O) groups excluding carboxylic acids is 1. The van der Waals surface area contributed by atoms with E-state index < -0.39 is 0 Å². The van der Waals surface area contributed by atoms with Crippen LogP contribution in [0.3, 0.4) is 0 Å². The number of hydrogen-bond acceptors (Lipinski definition) is 6. The Morgan fingerprint density at radius 3 is 2.85 bits per heavy atom. The number of hydrogen-bond donors (Lipinski definition) is 1. The molecular formula is C20H28N4O2S. The van der Waals surface area contributed by atoms with Gasteiger partial charge in [-0.15, -0.1) is 10.2 Å². The number of thioether (sulfide) groups is 1. The second-order valence-corrected chi connectivity index (χ2v) is 7.77. The molecule has 0 radical (unpaired) electrons. The smallest absolute Gasteiger partial charge is 0.191 e. The van der Waals surface area contributed by atoms with Gasteiger partial charge in [0, 0.05) is 24.2 Å². The summed E-state index contributed by atoms with van der Waals surface area (Å²) in [5, 5.41) is 13.1. The number of rotatable bonds is 9. The topological polar surface area (TPSA) is 69.0 Å². The number of anilines is 1. The fourth-order valence-corrected chi connectivity index (χ4v) is 4.38. The average molecular weight is 389 g/mol.